The van der Waals surface area contributed by atoms with Crippen LogP contribution in [-0.2, 0) is 6.42 Å². The molecule has 3 aromatic rings. The molecule has 0 aliphatic heterocycles. The van der Waals surface area contributed by atoms with Crippen molar-refractivity contribution in [3.8, 4) is 5.75 Å². The Hall–Kier alpha value is -3.27. The van der Waals surface area contributed by atoms with Gasteiger partial charge in [-0.25, -0.2) is 4.79 Å². The number of nitrogens with zero attached hydrogens (tertiary/aromatic N) is 1. The number of ether oxygens (including phenoxy) is 1. The highest BCUT2D eigenvalue weighted by Crippen LogP contribution is 2.22. The fourth-order valence-electron chi connectivity index (χ4n) is 3.14. The van der Waals surface area contributed by atoms with Crippen molar-refractivity contribution < 1.29 is 9.53 Å². The van der Waals surface area contributed by atoms with E-state index in [-0.39, 0.29) is 6.03 Å². The van der Waals surface area contributed by atoms with E-state index in [1.807, 2.05) is 78.6 Å². The highest BCUT2D eigenvalue weighted by atomic mass is 16.5. The summed E-state index contributed by atoms with van der Waals surface area (Å²) in [6.45, 7) is 2.66. The number of carbonyl (C=O) groups is 1. The van der Waals surface area contributed by atoms with Crippen LogP contribution >= 0.6 is 0 Å². The van der Waals surface area contributed by atoms with Crippen LogP contribution in [-0.4, -0.2) is 19.7 Å². The van der Waals surface area contributed by atoms with E-state index in [0.29, 0.717) is 6.54 Å². The highest BCUT2D eigenvalue weighted by molar-refractivity contribution is 6.02. The zero-order chi connectivity index (χ0) is 19.8. The van der Waals surface area contributed by atoms with Crippen molar-refractivity contribution in [3.05, 3.63) is 90.0 Å². The molecular formula is C24H26N2O2. The number of hydrogen-bond acceptors (Lipinski definition) is 2. The van der Waals surface area contributed by atoms with Gasteiger partial charge in [0.2, 0.25) is 0 Å². The number of carbonyl (C=O) groups excluding carboxylic acids is 1. The molecule has 0 atom stereocenters. The second-order valence-electron chi connectivity index (χ2n) is 6.69. The largest absolute Gasteiger partial charge is 0.497 e. The minimum atomic E-state index is -0.116. The fourth-order valence-corrected chi connectivity index (χ4v) is 3.14. The van der Waals surface area contributed by atoms with Gasteiger partial charge in [-0.3, -0.25) is 4.90 Å². The Bertz CT molecular complexity index is 892. The van der Waals surface area contributed by atoms with E-state index in [1.165, 1.54) is 5.56 Å². The van der Waals surface area contributed by atoms with Gasteiger partial charge in [-0.2, -0.15) is 0 Å². The molecule has 0 saturated heterocycles. The maximum atomic E-state index is 13.0. The summed E-state index contributed by atoms with van der Waals surface area (Å²) in [5, 5.41) is 3.00. The minimum Gasteiger partial charge on any atom is -0.497 e. The lowest BCUT2D eigenvalue weighted by Gasteiger charge is -2.25. The van der Waals surface area contributed by atoms with Gasteiger partial charge < -0.3 is 10.1 Å². The lowest BCUT2D eigenvalue weighted by molar-refractivity contribution is 0.256. The predicted octanol–water partition coefficient (Wildman–Crippen LogP) is 5.67. The number of nitrogens with one attached hydrogen (secondary N) is 1. The maximum Gasteiger partial charge on any atom is 0.326 e. The molecule has 3 rings (SSSR count). The topological polar surface area (TPSA) is 41.6 Å². The van der Waals surface area contributed by atoms with Gasteiger partial charge in [0.25, 0.3) is 0 Å². The van der Waals surface area contributed by atoms with Crippen LogP contribution in [0.2, 0.25) is 0 Å². The number of amides is 2. The molecule has 1 N–H and O–H groups in total. The minimum absolute atomic E-state index is 0.116. The van der Waals surface area contributed by atoms with E-state index in [1.54, 1.807) is 7.11 Å². The number of rotatable bonds is 7. The van der Waals surface area contributed by atoms with Crippen molar-refractivity contribution in [2.24, 2.45) is 0 Å². The number of methoxy groups -OCH3 is 1. The van der Waals surface area contributed by atoms with Crippen LogP contribution in [0.3, 0.4) is 0 Å². The van der Waals surface area contributed by atoms with Crippen molar-refractivity contribution >= 4 is 17.4 Å². The first-order valence-corrected chi connectivity index (χ1v) is 9.49. The van der Waals surface area contributed by atoms with Crippen LogP contribution in [0.15, 0.2) is 78.9 Å². The van der Waals surface area contributed by atoms with Crippen LogP contribution in [0.1, 0.15) is 17.5 Å². The summed E-state index contributed by atoms with van der Waals surface area (Å²) >= 11 is 0. The van der Waals surface area contributed by atoms with Gasteiger partial charge in [0, 0.05) is 17.9 Å². The van der Waals surface area contributed by atoms with Gasteiger partial charge in [0.05, 0.1) is 7.11 Å². The van der Waals surface area contributed by atoms with Crippen LogP contribution in [0.25, 0.3) is 0 Å². The van der Waals surface area contributed by atoms with Crippen LogP contribution in [0.5, 0.6) is 5.75 Å². The molecule has 28 heavy (non-hydrogen) atoms. The monoisotopic (exact) mass is 374 g/mol. The number of aryl methyl sites for hydroxylation is 2. The standard InChI is InChI=1S/C24H26N2O2/c1-19-9-6-7-13-23(19)26(24(27)25-21-11-4-3-5-12-21)18-8-10-20-14-16-22(28-2)17-15-20/h3-7,9,11-17H,8,10,18H2,1-2H3,(H,25,27). The van der Waals surface area contributed by atoms with Gasteiger partial charge in [0.1, 0.15) is 5.75 Å². The van der Waals surface area contributed by atoms with E-state index in [0.717, 1.165) is 35.5 Å². The van der Waals surface area contributed by atoms with Gasteiger partial charge in [-0.1, -0.05) is 48.5 Å². The quantitative estimate of drug-likeness (QED) is 0.578. The lowest BCUT2D eigenvalue weighted by Crippen LogP contribution is -2.36. The third-order valence-electron chi connectivity index (χ3n) is 4.68. The van der Waals surface area contributed by atoms with Crippen molar-refractivity contribution in [2.45, 2.75) is 19.8 Å². The molecule has 0 aliphatic rings. The van der Waals surface area contributed by atoms with E-state index in [2.05, 4.69) is 17.4 Å². The molecule has 0 fully saturated rings. The molecule has 0 saturated carbocycles. The zero-order valence-electron chi connectivity index (χ0n) is 16.4. The Kier molecular flexibility index (Phi) is 6.68. The molecule has 0 unspecified atom stereocenters. The summed E-state index contributed by atoms with van der Waals surface area (Å²) in [5.74, 6) is 0.854. The smallest absolute Gasteiger partial charge is 0.326 e. The van der Waals surface area contributed by atoms with Crippen molar-refractivity contribution in [3.63, 3.8) is 0 Å². The molecule has 0 bridgehead atoms. The number of benzene rings is 3. The Balaban J connectivity index is 1.70. The first-order valence-electron chi connectivity index (χ1n) is 9.49. The molecule has 4 heteroatoms. The summed E-state index contributed by atoms with van der Waals surface area (Å²) in [6.07, 6.45) is 1.76. The van der Waals surface area contributed by atoms with Gasteiger partial charge in [0.15, 0.2) is 0 Å². The van der Waals surface area contributed by atoms with Gasteiger partial charge >= 0.3 is 6.03 Å². The molecular weight excluding hydrogens is 348 g/mol. The predicted molar refractivity (Wildman–Crippen MR) is 115 cm³/mol. The SMILES string of the molecule is COc1ccc(CCCN(C(=O)Nc2ccccc2)c2ccccc2C)cc1. The maximum absolute atomic E-state index is 13.0. The molecule has 0 heterocycles. The van der Waals surface area contributed by atoms with E-state index in [4.69, 9.17) is 4.74 Å². The first-order chi connectivity index (χ1) is 13.7. The van der Waals surface area contributed by atoms with Gasteiger partial charge in [-0.05, 0) is 61.2 Å². The number of para-hydroxylation sites is 2. The average molecular weight is 374 g/mol. The van der Waals surface area contributed by atoms with E-state index in [9.17, 15) is 4.79 Å². The molecule has 3 aromatic carbocycles. The Morgan fingerprint density at radius 2 is 1.61 bits per heavy atom. The number of urea groups is 1. The third kappa shape index (κ3) is 5.13. The summed E-state index contributed by atoms with van der Waals surface area (Å²) < 4.78 is 5.21. The first kappa shape index (κ1) is 19.5. The summed E-state index contributed by atoms with van der Waals surface area (Å²) in [7, 11) is 1.67. The van der Waals surface area contributed by atoms with E-state index >= 15 is 0 Å². The summed E-state index contributed by atoms with van der Waals surface area (Å²) in [6, 6.07) is 25.5. The Labute approximate surface area is 166 Å². The van der Waals surface area contributed by atoms with Crippen molar-refractivity contribution in [1.82, 2.24) is 0 Å². The van der Waals surface area contributed by atoms with Crippen molar-refractivity contribution in [1.29, 1.82) is 0 Å². The zero-order valence-corrected chi connectivity index (χ0v) is 16.4. The molecule has 144 valence electrons. The number of anilines is 2. The Morgan fingerprint density at radius 1 is 0.929 bits per heavy atom. The molecule has 2 amide bonds. The Morgan fingerprint density at radius 3 is 2.29 bits per heavy atom. The molecule has 0 aliphatic carbocycles. The fraction of sp³-hybridized carbons (Fsp3) is 0.208. The second-order valence-corrected chi connectivity index (χ2v) is 6.69. The summed E-state index contributed by atoms with van der Waals surface area (Å²) in [5.41, 5.74) is 4.04. The number of hydrogen-bond donors (Lipinski definition) is 1. The average Bonchev–Trinajstić information content (AvgIpc) is 2.73. The molecule has 4 nitrogen and oxygen atoms in total. The summed E-state index contributed by atoms with van der Waals surface area (Å²) in [4.78, 5) is 14.8. The van der Waals surface area contributed by atoms with E-state index < -0.39 is 0 Å². The van der Waals surface area contributed by atoms with Crippen molar-refractivity contribution in [2.75, 3.05) is 23.9 Å². The van der Waals surface area contributed by atoms with Gasteiger partial charge in [-0.15, -0.1) is 0 Å². The van der Waals surface area contributed by atoms with Crippen LogP contribution < -0.4 is 15.0 Å². The molecule has 0 spiro atoms. The second kappa shape index (κ2) is 9.60. The third-order valence-corrected chi connectivity index (χ3v) is 4.68. The molecule has 0 aromatic heterocycles. The van der Waals surface area contributed by atoms with Crippen LogP contribution in [0, 0.1) is 6.92 Å². The highest BCUT2D eigenvalue weighted by Gasteiger charge is 2.17. The lowest BCUT2D eigenvalue weighted by atomic mass is 10.1. The molecule has 0 radical (unpaired) electrons. The van der Waals surface area contributed by atoms with Crippen LogP contribution in [0.4, 0.5) is 16.2 Å². The normalized spacial score (nSPS) is 10.4.